The number of benzene rings is 1. The van der Waals surface area contributed by atoms with Crippen LogP contribution in [0, 0.1) is 13.8 Å². The van der Waals surface area contributed by atoms with Crippen LogP contribution in [-0.4, -0.2) is 6.54 Å². The summed E-state index contributed by atoms with van der Waals surface area (Å²) >= 11 is 12.2. The van der Waals surface area contributed by atoms with E-state index < -0.39 is 0 Å². The van der Waals surface area contributed by atoms with Gasteiger partial charge in [-0.3, -0.25) is 0 Å². The summed E-state index contributed by atoms with van der Waals surface area (Å²) in [7, 11) is 0. The number of halogens is 2. The number of aryl methyl sites for hydroxylation is 2. The van der Waals surface area contributed by atoms with Crippen molar-refractivity contribution in [3.8, 4) is 0 Å². The van der Waals surface area contributed by atoms with Crippen LogP contribution in [-0.2, 0) is 0 Å². The largest absolute Gasteiger partial charge is 0.466 e. The summed E-state index contributed by atoms with van der Waals surface area (Å²) in [4.78, 5) is 0. The molecule has 19 heavy (non-hydrogen) atoms. The summed E-state index contributed by atoms with van der Waals surface area (Å²) in [6.07, 6.45) is 0. The summed E-state index contributed by atoms with van der Waals surface area (Å²) in [5.74, 6) is 1.82. The van der Waals surface area contributed by atoms with Crippen LogP contribution in [0.25, 0.3) is 0 Å². The van der Waals surface area contributed by atoms with Crippen molar-refractivity contribution >= 4 is 23.2 Å². The van der Waals surface area contributed by atoms with Gasteiger partial charge in [-0.15, -0.1) is 0 Å². The molecule has 0 radical (unpaired) electrons. The lowest BCUT2D eigenvalue weighted by Crippen LogP contribution is -2.22. The van der Waals surface area contributed by atoms with Crippen molar-refractivity contribution in [2.24, 2.45) is 0 Å². The second-order valence-corrected chi connectivity index (χ2v) is 5.43. The summed E-state index contributed by atoms with van der Waals surface area (Å²) in [6, 6.07) is 7.70. The Morgan fingerprint density at radius 1 is 1.11 bits per heavy atom. The minimum atomic E-state index is 0.0404. The molecule has 1 aromatic heterocycles. The highest BCUT2D eigenvalue weighted by molar-refractivity contribution is 6.34. The number of hydrogen-bond acceptors (Lipinski definition) is 2. The first-order chi connectivity index (χ1) is 9.01. The number of nitrogens with one attached hydrogen (secondary N) is 1. The molecule has 1 atom stereocenters. The molecule has 0 aliphatic heterocycles. The third-order valence-electron chi connectivity index (χ3n) is 3.02. The van der Waals surface area contributed by atoms with Gasteiger partial charge in [0.25, 0.3) is 0 Å². The molecule has 0 amide bonds. The zero-order chi connectivity index (χ0) is 14.0. The van der Waals surface area contributed by atoms with Gasteiger partial charge in [0.2, 0.25) is 0 Å². The molecule has 0 fully saturated rings. The standard InChI is InChI=1S/C15H17Cl2NO/c1-4-18-15(14-5-9(2)19-10(14)3)11-6-12(16)8-13(17)7-11/h5-8,15,18H,4H2,1-3H3. The van der Waals surface area contributed by atoms with E-state index in [4.69, 9.17) is 27.6 Å². The van der Waals surface area contributed by atoms with Crippen molar-refractivity contribution in [2.75, 3.05) is 6.54 Å². The molecular weight excluding hydrogens is 281 g/mol. The van der Waals surface area contributed by atoms with Gasteiger partial charge in [-0.05, 0) is 50.2 Å². The van der Waals surface area contributed by atoms with Crippen molar-refractivity contribution in [1.29, 1.82) is 0 Å². The maximum atomic E-state index is 6.09. The SMILES string of the molecule is CCNC(c1cc(Cl)cc(Cl)c1)c1cc(C)oc1C. The number of rotatable bonds is 4. The fourth-order valence-electron chi connectivity index (χ4n) is 2.29. The Hall–Kier alpha value is -0.960. The molecule has 1 N–H and O–H groups in total. The zero-order valence-electron chi connectivity index (χ0n) is 11.3. The molecule has 102 valence electrons. The van der Waals surface area contributed by atoms with E-state index in [1.54, 1.807) is 6.07 Å². The average Bonchev–Trinajstić information content (AvgIpc) is 2.64. The minimum absolute atomic E-state index is 0.0404. The Balaban J connectivity index is 2.47. The van der Waals surface area contributed by atoms with Gasteiger partial charge in [0.15, 0.2) is 0 Å². The van der Waals surface area contributed by atoms with Crippen molar-refractivity contribution in [1.82, 2.24) is 5.32 Å². The average molecular weight is 298 g/mol. The van der Waals surface area contributed by atoms with Gasteiger partial charge in [-0.1, -0.05) is 30.1 Å². The molecule has 0 aliphatic rings. The lowest BCUT2D eigenvalue weighted by molar-refractivity contribution is 0.495. The highest BCUT2D eigenvalue weighted by Gasteiger charge is 2.19. The fraction of sp³-hybridized carbons (Fsp3) is 0.333. The number of furan rings is 1. The third kappa shape index (κ3) is 3.33. The van der Waals surface area contributed by atoms with E-state index in [1.807, 2.05) is 26.0 Å². The predicted molar refractivity (Wildman–Crippen MR) is 80.2 cm³/mol. The van der Waals surface area contributed by atoms with Crippen molar-refractivity contribution < 1.29 is 4.42 Å². The summed E-state index contributed by atoms with van der Waals surface area (Å²) in [6.45, 7) is 6.84. The maximum absolute atomic E-state index is 6.09. The van der Waals surface area contributed by atoms with Crippen LogP contribution in [0.5, 0.6) is 0 Å². The summed E-state index contributed by atoms with van der Waals surface area (Å²) in [5.41, 5.74) is 2.17. The highest BCUT2D eigenvalue weighted by Crippen LogP contribution is 2.30. The van der Waals surface area contributed by atoms with Crippen molar-refractivity contribution in [3.63, 3.8) is 0 Å². The molecular formula is C15H17Cl2NO. The van der Waals surface area contributed by atoms with E-state index in [0.29, 0.717) is 10.0 Å². The lowest BCUT2D eigenvalue weighted by Gasteiger charge is -2.18. The van der Waals surface area contributed by atoms with E-state index in [0.717, 1.165) is 29.2 Å². The molecule has 0 saturated heterocycles. The second-order valence-electron chi connectivity index (χ2n) is 4.56. The first-order valence-corrected chi connectivity index (χ1v) is 7.03. The third-order valence-corrected chi connectivity index (χ3v) is 3.45. The monoisotopic (exact) mass is 297 g/mol. The Morgan fingerprint density at radius 3 is 2.21 bits per heavy atom. The van der Waals surface area contributed by atoms with E-state index in [2.05, 4.69) is 18.3 Å². The van der Waals surface area contributed by atoms with Crippen LogP contribution in [0.4, 0.5) is 0 Å². The molecule has 2 aromatic rings. The topological polar surface area (TPSA) is 25.2 Å². The van der Waals surface area contributed by atoms with Gasteiger partial charge in [-0.25, -0.2) is 0 Å². The highest BCUT2D eigenvalue weighted by atomic mass is 35.5. The van der Waals surface area contributed by atoms with Gasteiger partial charge in [0.1, 0.15) is 11.5 Å². The molecule has 0 spiro atoms. The lowest BCUT2D eigenvalue weighted by atomic mass is 9.99. The van der Waals surface area contributed by atoms with Crippen LogP contribution in [0.3, 0.4) is 0 Å². The predicted octanol–water partition coefficient (Wildman–Crippen LogP) is 4.90. The van der Waals surface area contributed by atoms with Gasteiger partial charge < -0.3 is 9.73 Å². The van der Waals surface area contributed by atoms with E-state index in [9.17, 15) is 0 Å². The fourth-order valence-corrected chi connectivity index (χ4v) is 2.83. The minimum Gasteiger partial charge on any atom is -0.466 e. The van der Waals surface area contributed by atoms with E-state index >= 15 is 0 Å². The van der Waals surface area contributed by atoms with E-state index in [-0.39, 0.29) is 6.04 Å². The molecule has 1 aromatic carbocycles. The number of hydrogen-bond donors (Lipinski definition) is 1. The summed E-state index contributed by atoms with van der Waals surface area (Å²) < 4.78 is 5.62. The molecule has 2 nitrogen and oxygen atoms in total. The van der Waals surface area contributed by atoms with Crippen LogP contribution in [0.15, 0.2) is 28.7 Å². The Kier molecular flexibility index (Phi) is 4.56. The Bertz CT molecular complexity index is 557. The molecule has 0 saturated carbocycles. The van der Waals surface area contributed by atoms with Crippen LogP contribution in [0.1, 0.15) is 35.6 Å². The molecule has 1 unspecified atom stereocenters. The smallest absolute Gasteiger partial charge is 0.106 e. The molecule has 2 rings (SSSR count). The Morgan fingerprint density at radius 2 is 1.74 bits per heavy atom. The van der Waals surface area contributed by atoms with Crippen molar-refractivity contribution in [3.05, 3.63) is 57.0 Å². The van der Waals surface area contributed by atoms with Crippen LogP contribution in [0.2, 0.25) is 10.0 Å². The summed E-state index contributed by atoms with van der Waals surface area (Å²) in [5, 5.41) is 4.73. The van der Waals surface area contributed by atoms with E-state index in [1.165, 1.54) is 0 Å². The van der Waals surface area contributed by atoms with Gasteiger partial charge >= 0.3 is 0 Å². The first-order valence-electron chi connectivity index (χ1n) is 6.27. The van der Waals surface area contributed by atoms with Gasteiger partial charge in [-0.2, -0.15) is 0 Å². The second kappa shape index (κ2) is 6.00. The van der Waals surface area contributed by atoms with Gasteiger partial charge in [0.05, 0.1) is 6.04 Å². The quantitative estimate of drug-likeness (QED) is 0.868. The molecule has 4 heteroatoms. The maximum Gasteiger partial charge on any atom is 0.106 e. The normalized spacial score (nSPS) is 12.7. The molecule has 0 bridgehead atoms. The Labute approximate surface area is 123 Å². The molecule has 1 heterocycles. The van der Waals surface area contributed by atoms with Gasteiger partial charge in [0, 0.05) is 15.6 Å². The molecule has 0 aliphatic carbocycles. The first kappa shape index (κ1) is 14.4. The van der Waals surface area contributed by atoms with Crippen LogP contribution >= 0.6 is 23.2 Å². The van der Waals surface area contributed by atoms with Crippen LogP contribution < -0.4 is 5.32 Å². The van der Waals surface area contributed by atoms with Crippen molar-refractivity contribution in [2.45, 2.75) is 26.8 Å². The zero-order valence-corrected chi connectivity index (χ0v) is 12.8.